The number of hydrogen-bond acceptors (Lipinski definition) is 5. The van der Waals surface area contributed by atoms with E-state index in [-0.39, 0.29) is 30.1 Å². The molecule has 0 spiro atoms. The van der Waals surface area contributed by atoms with Crippen LogP contribution in [0.1, 0.15) is 16.8 Å². The van der Waals surface area contributed by atoms with Gasteiger partial charge in [-0.1, -0.05) is 0 Å². The van der Waals surface area contributed by atoms with Gasteiger partial charge in [0.1, 0.15) is 6.04 Å². The minimum atomic E-state index is -0.754. The molecule has 1 fully saturated rings. The fourth-order valence-electron chi connectivity index (χ4n) is 2.46. The Labute approximate surface area is 127 Å². The second-order valence-electron chi connectivity index (χ2n) is 5.40. The van der Waals surface area contributed by atoms with Crippen LogP contribution < -0.4 is 0 Å². The number of benzene rings is 1. The molecule has 8 heteroatoms. The minimum absolute atomic E-state index is 0.0695. The number of carbonyl (C=O) groups excluding carboxylic acids is 2. The molecular formula is C14H17N3O5. The van der Waals surface area contributed by atoms with E-state index in [1.165, 1.54) is 34.1 Å². The maximum Gasteiger partial charge on any atom is 0.269 e. The molecule has 1 aliphatic heterocycles. The molecule has 1 aliphatic rings. The highest BCUT2D eigenvalue weighted by Crippen LogP contribution is 2.23. The van der Waals surface area contributed by atoms with Crippen molar-refractivity contribution in [3.8, 4) is 0 Å². The Morgan fingerprint density at radius 2 is 1.91 bits per heavy atom. The molecule has 1 N–H and O–H groups in total. The first-order valence-electron chi connectivity index (χ1n) is 6.76. The van der Waals surface area contributed by atoms with Crippen LogP contribution in [-0.2, 0) is 4.79 Å². The first-order valence-corrected chi connectivity index (χ1v) is 6.76. The summed E-state index contributed by atoms with van der Waals surface area (Å²) in [6.07, 6.45) is -0.564. The minimum Gasteiger partial charge on any atom is -0.391 e. The fourth-order valence-corrected chi connectivity index (χ4v) is 2.46. The zero-order valence-corrected chi connectivity index (χ0v) is 12.3. The van der Waals surface area contributed by atoms with E-state index in [0.29, 0.717) is 0 Å². The number of amides is 2. The third-order valence-corrected chi connectivity index (χ3v) is 3.59. The number of likely N-dealkylation sites (N-methyl/N-ethyl adjacent to an activating group) is 1. The zero-order valence-electron chi connectivity index (χ0n) is 12.3. The highest BCUT2D eigenvalue weighted by atomic mass is 16.6. The van der Waals surface area contributed by atoms with Crippen LogP contribution in [0.5, 0.6) is 0 Å². The number of aliphatic hydroxyl groups excluding tert-OH is 1. The van der Waals surface area contributed by atoms with Gasteiger partial charge in [0.15, 0.2) is 0 Å². The van der Waals surface area contributed by atoms with E-state index < -0.39 is 23.0 Å². The number of rotatable bonds is 3. The molecule has 1 aromatic rings. The van der Waals surface area contributed by atoms with Crippen molar-refractivity contribution in [1.82, 2.24) is 9.80 Å². The van der Waals surface area contributed by atoms with E-state index in [9.17, 15) is 24.8 Å². The number of carbonyl (C=O) groups is 2. The Kier molecular flexibility index (Phi) is 4.41. The van der Waals surface area contributed by atoms with Crippen molar-refractivity contribution in [3.63, 3.8) is 0 Å². The number of aliphatic hydroxyl groups is 1. The molecule has 22 heavy (non-hydrogen) atoms. The largest absolute Gasteiger partial charge is 0.391 e. The van der Waals surface area contributed by atoms with Crippen molar-refractivity contribution < 1.29 is 19.6 Å². The van der Waals surface area contributed by atoms with Crippen LogP contribution in [0, 0.1) is 10.1 Å². The van der Waals surface area contributed by atoms with Crippen molar-refractivity contribution in [1.29, 1.82) is 0 Å². The Balaban J connectivity index is 2.23. The fraction of sp³-hybridized carbons (Fsp3) is 0.429. The average Bonchev–Trinajstić information content (AvgIpc) is 2.87. The van der Waals surface area contributed by atoms with Gasteiger partial charge in [-0.2, -0.15) is 0 Å². The van der Waals surface area contributed by atoms with E-state index in [1.54, 1.807) is 14.1 Å². The first-order chi connectivity index (χ1) is 10.3. The Bertz CT molecular complexity index is 599. The van der Waals surface area contributed by atoms with Crippen LogP contribution >= 0.6 is 0 Å². The van der Waals surface area contributed by atoms with Gasteiger partial charge in [-0.15, -0.1) is 0 Å². The van der Waals surface area contributed by atoms with Crippen LogP contribution in [0.2, 0.25) is 0 Å². The monoisotopic (exact) mass is 307 g/mol. The van der Waals surface area contributed by atoms with Gasteiger partial charge in [-0.05, 0) is 12.1 Å². The summed E-state index contributed by atoms with van der Waals surface area (Å²) in [4.78, 5) is 37.4. The summed E-state index contributed by atoms with van der Waals surface area (Å²) in [5.74, 6) is -0.682. The molecule has 0 unspecified atom stereocenters. The van der Waals surface area contributed by atoms with Crippen LogP contribution in [0.15, 0.2) is 24.3 Å². The lowest BCUT2D eigenvalue weighted by atomic mass is 10.1. The lowest BCUT2D eigenvalue weighted by molar-refractivity contribution is -0.384. The van der Waals surface area contributed by atoms with Gasteiger partial charge in [-0.25, -0.2) is 0 Å². The van der Waals surface area contributed by atoms with Crippen molar-refractivity contribution in [2.75, 3.05) is 20.6 Å². The summed E-state index contributed by atoms with van der Waals surface area (Å²) in [7, 11) is 3.17. The number of nitrogens with zero attached hydrogens (tertiary/aromatic N) is 3. The van der Waals surface area contributed by atoms with Gasteiger partial charge in [0.25, 0.3) is 11.6 Å². The van der Waals surface area contributed by atoms with Crippen LogP contribution in [-0.4, -0.2) is 64.4 Å². The second-order valence-corrected chi connectivity index (χ2v) is 5.40. The number of nitro groups is 1. The standard InChI is InChI=1S/C14H17N3O5/c1-15(2)14(20)12-7-11(18)8-16(12)13(19)9-3-5-10(6-4-9)17(21)22/h3-6,11-12,18H,7-8H2,1-2H3/t11-,12-/m0/s1. The molecule has 1 aromatic carbocycles. The molecular weight excluding hydrogens is 290 g/mol. The van der Waals surface area contributed by atoms with Gasteiger partial charge < -0.3 is 14.9 Å². The lowest BCUT2D eigenvalue weighted by Gasteiger charge is -2.25. The summed E-state index contributed by atoms with van der Waals surface area (Å²) in [5, 5.41) is 20.4. The van der Waals surface area contributed by atoms with Crippen molar-refractivity contribution >= 4 is 17.5 Å². The van der Waals surface area contributed by atoms with Gasteiger partial charge in [-0.3, -0.25) is 19.7 Å². The van der Waals surface area contributed by atoms with Crippen molar-refractivity contribution in [2.45, 2.75) is 18.6 Å². The average molecular weight is 307 g/mol. The summed E-state index contributed by atoms with van der Waals surface area (Å²) < 4.78 is 0. The normalized spacial score (nSPS) is 20.8. The summed E-state index contributed by atoms with van der Waals surface area (Å²) in [6.45, 7) is 0.0695. The van der Waals surface area contributed by atoms with Gasteiger partial charge in [0.2, 0.25) is 5.91 Å². The Hall–Kier alpha value is -2.48. The van der Waals surface area contributed by atoms with Crippen LogP contribution in [0.25, 0.3) is 0 Å². The summed E-state index contributed by atoms with van der Waals surface area (Å²) in [5.41, 5.74) is 0.134. The predicted molar refractivity (Wildman–Crippen MR) is 77.2 cm³/mol. The molecule has 118 valence electrons. The number of hydrogen-bond donors (Lipinski definition) is 1. The van der Waals surface area contributed by atoms with E-state index in [4.69, 9.17) is 0 Å². The molecule has 8 nitrogen and oxygen atoms in total. The molecule has 1 saturated heterocycles. The van der Waals surface area contributed by atoms with Crippen molar-refractivity contribution in [3.05, 3.63) is 39.9 Å². The molecule has 0 bridgehead atoms. The zero-order chi connectivity index (χ0) is 16.4. The van der Waals surface area contributed by atoms with E-state index in [2.05, 4.69) is 0 Å². The van der Waals surface area contributed by atoms with Gasteiger partial charge in [0.05, 0.1) is 11.0 Å². The number of β-amino-alcohol motifs (C(OH)–C–C–N with tert-alkyl or cyclic N) is 1. The summed E-state index contributed by atoms with van der Waals surface area (Å²) >= 11 is 0. The molecule has 0 aliphatic carbocycles. The van der Waals surface area contributed by atoms with Gasteiger partial charge in [0, 0.05) is 44.8 Å². The quantitative estimate of drug-likeness (QED) is 0.637. The molecule has 0 saturated carbocycles. The molecule has 2 amide bonds. The first kappa shape index (κ1) is 15.9. The third-order valence-electron chi connectivity index (χ3n) is 3.59. The molecule has 0 radical (unpaired) electrons. The van der Waals surface area contributed by atoms with E-state index in [1.807, 2.05) is 0 Å². The topological polar surface area (TPSA) is 104 Å². The number of likely N-dealkylation sites (tertiary alicyclic amines) is 1. The van der Waals surface area contributed by atoms with Crippen molar-refractivity contribution in [2.24, 2.45) is 0 Å². The summed E-state index contributed by atoms with van der Waals surface area (Å²) in [6, 6.07) is 4.46. The number of non-ortho nitro benzene ring substituents is 1. The van der Waals surface area contributed by atoms with Gasteiger partial charge >= 0.3 is 0 Å². The Morgan fingerprint density at radius 1 is 1.32 bits per heavy atom. The maximum absolute atomic E-state index is 12.5. The highest BCUT2D eigenvalue weighted by molar-refractivity contribution is 5.98. The van der Waals surface area contributed by atoms with E-state index >= 15 is 0 Å². The maximum atomic E-state index is 12.5. The van der Waals surface area contributed by atoms with Crippen LogP contribution in [0.4, 0.5) is 5.69 Å². The molecule has 2 atom stereocenters. The smallest absolute Gasteiger partial charge is 0.269 e. The van der Waals surface area contributed by atoms with Crippen LogP contribution in [0.3, 0.4) is 0 Å². The molecule has 2 rings (SSSR count). The molecule has 1 heterocycles. The third kappa shape index (κ3) is 3.06. The lowest BCUT2D eigenvalue weighted by Crippen LogP contribution is -2.45. The Morgan fingerprint density at radius 3 is 2.41 bits per heavy atom. The van der Waals surface area contributed by atoms with E-state index in [0.717, 1.165) is 0 Å². The second kappa shape index (κ2) is 6.10. The highest BCUT2D eigenvalue weighted by Gasteiger charge is 2.39. The predicted octanol–water partition coefficient (Wildman–Crippen LogP) is 0.258. The number of nitro benzene ring substituents is 1. The molecule has 0 aromatic heterocycles. The SMILES string of the molecule is CN(C)C(=O)[C@@H]1C[C@H](O)CN1C(=O)c1ccc([N+](=O)[O-])cc1.